The molecule has 1 aliphatic heterocycles. The summed E-state index contributed by atoms with van der Waals surface area (Å²) in [5.74, 6) is 0.580. The van der Waals surface area contributed by atoms with Crippen LogP contribution in [0, 0.1) is 15.9 Å². The fourth-order valence-electron chi connectivity index (χ4n) is 2.70. The van der Waals surface area contributed by atoms with E-state index in [0.717, 1.165) is 19.2 Å². The highest BCUT2D eigenvalue weighted by molar-refractivity contribution is 5.52. The van der Waals surface area contributed by atoms with E-state index in [9.17, 15) is 14.5 Å². The van der Waals surface area contributed by atoms with E-state index in [1.807, 2.05) is 4.90 Å². The standard InChI is InChI=1S/C15H17FN4O4/c1-23-15-9-12(24-17-15)10-18-4-6-19(7-5-18)14-3-2-11(20(21)22)8-13(14)16/h2-3,8-9H,4-7,10H2,1H3. The van der Waals surface area contributed by atoms with Gasteiger partial charge < -0.3 is 14.2 Å². The van der Waals surface area contributed by atoms with Gasteiger partial charge in [-0.25, -0.2) is 4.39 Å². The van der Waals surface area contributed by atoms with Crippen molar-refractivity contribution in [1.82, 2.24) is 10.1 Å². The summed E-state index contributed by atoms with van der Waals surface area (Å²) < 4.78 is 24.2. The zero-order valence-corrected chi connectivity index (χ0v) is 13.1. The van der Waals surface area contributed by atoms with Crippen LogP contribution in [0.4, 0.5) is 15.8 Å². The first kappa shape index (κ1) is 16.2. The Balaban J connectivity index is 1.59. The zero-order valence-electron chi connectivity index (χ0n) is 13.1. The fourth-order valence-corrected chi connectivity index (χ4v) is 2.70. The van der Waals surface area contributed by atoms with Crippen LogP contribution in [0.25, 0.3) is 0 Å². The third-order valence-electron chi connectivity index (χ3n) is 3.98. The van der Waals surface area contributed by atoms with Crippen molar-refractivity contribution in [2.24, 2.45) is 0 Å². The van der Waals surface area contributed by atoms with Crippen LogP contribution in [0.1, 0.15) is 5.76 Å². The van der Waals surface area contributed by atoms with E-state index in [1.54, 1.807) is 6.07 Å². The number of anilines is 1. The predicted octanol–water partition coefficient (Wildman–Crippen LogP) is 2.05. The van der Waals surface area contributed by atoms with Crippen LogP contribution in [0.5, 0.6) is 5.88 Å². The first-order valence-electron chi connectivity index (χ1n) is 7.47. The van der Waals surface area contributed by atoms with Crippen LogP contribution in [-0.4, -0.2) is 48.3 Å². The second-order valence-corrected chi connectivity index (χ2v) is 5.49. The van der Waals surface area contributed by atoms with Gasteiger partial charge in [-0.05, 0) is 11.2 Å². The summed E-state index contributed by atoms with van der Waals surface area (Å²) in [5.41, 5.74) is 0.149. The molecule has 2 aromatic rings. The largest absolute Gasteiger partial charge is 0.479 e. The van der Waals surface area contributed by atoms with Gasteiger partial charge in [0.05, 0.1) is 30.3 Å². The number of nitrogens with zero attached hydrogens (tertiary/aromatic N) is 4. The van der Waals surface area contributed by atoms with Gasteiger partial charge in [-0.1, -0.05) is 0 Å². The molecule has 0 radical (unpaired) electrons. The summed E-state index contributed by atoms with van der Waals surface area (Å²) in [7, 11) is 1.53. The van der Waals surface area contributed by atoms with Crippen molar-refractivity contribution in [2.45, 2.75) is 6.54 Å². The summed E-state index contributed by atoms with van der Waals surface area (Å²) in [5, 5.41) is 14.4. The van der Waals surface area contributed by atoms with Crippen molar-refractivity contribution in [2.75, 3.05) is 38.2 Å². The molecular formula is C15H17FN4O4. The number of methoxy groups -OCH3 is 1. The average Bonchev–Trinajstić information content (AvgIpc) is 3.03. The number of piperazine rings is 1. The van der Waals surface area contributed by atoms with Gasteiger partial charge in [-0.2, -0.15) is 0 Å². The fraction of sp³-hybridized carbons (Fsp3) is 0.400. The Hall–Kier alpha value is -2.68. The lowest BCUT2D eigenvalue weighted by Crippen LogP contribution is -2.46. The third-order valence-corrected chi connectivity index (χ3v) is 3.98. The number of aromatic nitrogens is 1. The molecule has 0 aliphatic carbocycles. The van der Waals surface area contributed by atoms with Gasteiger partial charge in [0.25, 0.3) is 11.6 Å². The Morgan fingerprint density at radius 3 is 2.67 bits per heavy atom. The van der Waals surface area contributed by atoms with E-state index in [1.165, 1.54) is 19.2 Å². The molecule has 1 aromatic heterocycles. The molecule has 1 saturated heterocycles. The van der Waals surface area contributed by atoms with E-state index < -0.39 is 10.7 Å². The van der Waals surface area contributed by atoms with Crippen LogP contribution in [-0.2, 0) is 6.54 Å². The Morgan fingerprint density at radius 2 is 2.08 bits per heavy atom. The zero-order chi connectivity index (χ0) is 17.1. The molecule has 128 valence electrons. The van der Waals surface area contributed by atoms with Gasteiger partial charge in [0.15, 0.2) is 11.6 Å². The maximum Gasteiger partial charge on any atom is 0.272 e. The second-order valence-electron chi connectivity index (χ2n) is 5.49. The molecule has 1 aromatic carbocycles. The number of halogens is 1. The molecule has 9 heteroatoms. The van der Waals surface area contributed by atoms with Crippen molar-refractivity contribution in [3.8, 4) is 5.88 Å². The summed E-state index contributed by atoms with van der Waals surface area (Å²) >= 11 is 0. The minimum absolute atomic E-state index is 0.242. The van der Waals surface area contributed by atoms with Gasteiger partial charge in [-0.15, -0.1) is 0 Å². The topological polar surface area (TPSA) is 84.9 Å². The minimum Gasteiger partial charge on any atom is -0.479 e. The molecule has 0 N–H and O–H groups in total. The van der Waals surface area contributed by atoms with E-state index >= 15 is 0 Å². The SMILES string of the molecule is COc1cc(CN2CCN(c3ccc([N+](=O)[O-])cc3F)CC2)on1. The molecule has 2 heterocycles. The molecule has 0 spiro atoms. The van der Waals surface area contributed by atoms with E-state index in [-0.39, 0.29) is 5.69 Å². The first-order valence-corrected chi connectivity index (χ1v) is 7.47. The molecule has 1 aliphatic rings. The lowest BCUT2D eigenvalue weighted by molar-refractivity contribution is -0.385. The number of non-ortho nitro benzene ring substituents is 1. The summed E-state index contributed by atoms with van der Waals surface area (Å²) in [4.78, 5) is 14.1. The first-order chi connectivity index (χ1) is 11.6. The maximum absolute atomic E-state index is 14.1. The smallest absolute Gasteiger partial charge is 0.272 e. The lowest BCUT2D eigenvalue weighted by Gasteiger charge is -2.35. The number of benzene rings is 1. The van der Waals surface area contributed by atoms with Gasteiger partial charge >= 0.3 is 0 Å². The second kappa shape index (κ2) is 6.83. The number of hydrogen-bond donors (Lipinski definition) is 0. The Kier molecular flexibility index (Phi) is 4.61. The van der Waals surface area contributed by atoms with Crippen molar-refractivity contribution < 1.29 is 18.6 Å². The summed E-state index contributed by atoms with van der Waals surface area (Å²) in [6.07, 6.45) is 0. The lowest BCUT2D eigenvalue weighted by atomic mass is 10.2. The van der Waals surface area contributed by atoms with Gasteiger partial charge in [-0.3, -0.25) is 15.0 Å². The quantitative estimate of drug-likeness (QED) is 0.610. The van der Waals surface area contributed by atoms with E-state index in [4.69, 9.17) is 9.26 Å². The highest BCUT2D eigenvalue weighted by Gasteiger charge is 2.22. The number of ether oxygens (including phenoxy) is 1. The average molecular weight is 336 g/mol. The highest BCUT2D eigenvalue weighted by atomic mass is 19.1. The number of rotatable bonds is 5. The molecule has 24 heavy (non-hydrogen) atoms. The van der Waals surface area contributed by atoms with Crippen LogP contribution >= 0.6 is 0 Å². The monoisotopic (exact) mass is 336 g/mol. The van der Waals surface area contributed by atoms with Gasteiger partial charge in [0, 0.05) is 38.3 Å². The Bertz CT molecular complexity index is 728. The molecule has 3 rings (SSSR count). The van der Waals surface area contributed by atoms with Crippen molar-refractivity contribution in [3.05, 3.63) is 46.0 Å². The minimum atomic E-state index is -0.601. The van der Waals surface area contributed by atoms with E-state index in [2.05, 4.69) is 10.1 Å². The molecular weight excluding hydrogens is 319 g/mol. The van der Waals surface area contributed by atoms with Crippen LogP contribution in [0.3, 0.4) is 0 Å². The van der Waals surface area contributed by atoms with Crippen molar-refractivity contribution in [1.29, 1.82) is 0 Å². The molecule has 0 atom stereocenters. The third kappa shape index (κ3) is 3.46. The number of nitro benzene ring substituents is 1. The molecule has 0 amide bonds. The molecule has 0 saturated carbocycles. The molecule has 1 fully saturated rings. The van der Waals surface area contributed by atoms with Gasteiger partial charge in [0.2, 0.25) is 0 Å². The number of hydrogen-bond acceptors (Lipinski definition) is 7. The summed E-state index contributed by atoms with van der Waals surface area (Å²) in [6, 6.07) is 5.49. The van der Waals surface area contributed by atoms with E-state index in [0.29, 0.717) is 37.0 Å². The normalized spacial score (nSPS) is 15.5. The molecule has 0 bridgehead atoms. The predicted molar refractivity (Wildman–Crippen MR) is 83.6 cm³/mol. The van der Waals surface area contributed by atoms with Crippen molar-refractivity contribution >= 4 is 11.4 Å². The highest BCUT2D eigenvalue weighted by Crippen LogP contribution is 2.25. The van der Waals surface area contributed by atoms with Crippen LogP contribution in [0.2, 0.25) is 0 Å². The van der Waals surface area contributed by atoms with Gasteiger partial charge in [0.1, 0.15) is 0 Å². The molecule has 8 nitrogen and oxygen atoms in total. The van der Waals surface area contributed by atoms with Crippen molar-refractivity contribution in [3.63, 3.8) is 0 Å². The van der Waals surface area contributed by atoms with Crippen LogP contribution in [0.15, 0.2) is 28.8 Å². The summed E-state index contributed by atoms with van der Waals surface area (Å²) in [6.45, 7) is 3.30. The number of nitro groups is 1. The Morgan fingerprint density at radius 1 is 1.33 bits per heavy atom. The Labute approximate surface area is 137 Å². The van der Waals surface area contributed by atoms with Crippen LogP contribution < -0.4 is 9.64 Å². The maximum atomic E-state index is 14.1. The molecule has 0 unspecified atom stereocenters.